The van der Waals surface area contributed by atoms with Gasteiger partial charge in [0.25, 0.3) is 5.91 Å². The number of oxazole rings is 1. The number of aromatic nitrogens is 3. The lowest BCUT2D eigenvalue weighted by molar-refractivity contribution is -0.292. The number of nitrogens with one attached hydrogen (secondary N) is 1. The molecule has 0 bridgehead atoms. The number of carbonyl (C=O) groups is 1. The quantitative estimate of drug-likeness (QED) is 0.400. The van der Waals surface area contributed by atoms with Crippen LogP contribution in [0, 0.1) is 11.3 Å². The molecular weight excluding hydrogens is 542 g/mol. The number of aryl methyl sites for hydroxylation is 1. The third kappa shape index (κ3) is 4.61. The van der Waals surface area contributed by atoms with E-state index in [9.17, 15) is 39.9 Å². The van der Waals surface area contributed by atoms with Gasteiger partial charge in [-0.2, -0.15) is 45.5 Å². The predicted octanol–water partition coefficient (Wildman–Crippen LogP) is 5.85. The van der Waals surface area contributed by atoms with Gasteiger partial charge in [-0.3, -0.25) is 9.48 Å². The van der Waals surface area contributed by atoms with Gasteiger partial charge in [0.15, 0.2) is 5.69 Å². The molecule has 1 N–H and O–H groups in total. The molecular formula is C21H12ClF8N5O2. The molecule has 1 saturated carbocycles. The van der Waals surface area contributed by atoms with Gasteiger partial charge < -0.3 is 9.73 Å². The van der Waals surface area contributed by atoms with Crippen molar-refractivity contribution in [2.24, 2.45) is 7.05 Å². The first-order valence-electron chi connectivity index (χ1n) is 10.1. The molecule has 1 aliphatic rings. The van der Waals surface area contributed by atoms with Crippen LogP contribution >= 0.6 is 11.6 Å². The summed E-state index contributed by atoms with van der Waals surface area (Å²) in [6, 6.07) is 5.65. The van der Waals surface area contributed by atoms with Crippen molar-refractivity contribution in [2.75, 3.05) is 0 Å². The van der Waals surface area contributed by atoms with E-state index in [4.69, 9.17) is 21.3 Å². The minimum Gasteiger partial charge on any atom is -0.444 e. The summed E-state index contributed by atoms with van der Waals surface area (Å²) in [6.07, 6.45) is -10.6. The molecule has 196 valence electrons. The fourth-order valence-corrected chi connectivity index (χ4v) is 3.67. The molecule has 0 unspecified atom stereocenters. The van der Waals surface area contributed by atoms with E-state index in [-0.39, 0.29) is 20.8 Å². The standard InChI is InChI=1S/C21H12ClF8N5O2/c1-35-14(13(20(25,26)27)15(34-35)19(23,24)21(28,29)30)12-7-37-17(32-12)9-2-3-11(22)10(6-9)16(36)33-18(8-31)4-5-18/h2-3,6-7H,4-5H2,1H3,(H,33,36). The Hall–Kier alpha value is -3.67. The van der Waals surface area contributed by atoms with Crippen molar-refractivity contribution >= 4 is 17.5 Å². The molecule has 37 heavy (non-hydrogen) atoms. The summed E-state index contributed by atoms with van der Waals surface area (Å²) in [5.41, 5.74) is -7.95. The monoisotopic (exact) mass is 553 g/mol. The number of carbonyl (C=O) groups excluding carboxylic acids is 1. The largest absolute Gasteiger partial charge is 0.459 e. The molecule has 3 aromatic rings. The van der Waals surface area contributed by atoms with Gasteiger partial charge in [0, 0.05) is 12.6 Å². The van der Waals surface area contributed by atoms with Crippen LogP contribution in [0.1, 0.15) is 34.5 Å². The van der Waals surface area contributed by atoms with Gasteiger partial charge in [0.1, 0.15) is 28.8 Å². The van der Waals surface area contributed by atoms with Gasteiger partial charge in [-0.05, 0) is 31.0 Å². The van der Waals surface area contributed by atoms with E-state index < -0.39 is 58.3 Å². The minimum atomic E-state index is -6.35. The molecule has 0 spiro atoms. The maximum absolute atomic E-state index is 13.9. The number of hydrogen-bond acceptors (Lipinski definition) is 5. The van der Waals surface area contributed by atoms with Crippen molar-refractivity contribution in [1.82, 2.24) is 20.1 Å². The van der Waals surface area contributed by atoms with Crippen molar-refractivity contribution < 1.29 is 44.3 Å². The van der Waals surface area contributed by atoms with Gasteiger partial charge in [-0.15, -0.1) is 0 Å². The van der Waals surface area contributed by atoms with E-state index >= 15 is 0 Å². The van der Waals surface area contributed by atoms with E-state index in [2.05, 4.69) is 15.4 Å². The van der Waals surface area contributed by atoms with Crippen LogP contribution in [0.15, 0.2) is 28.9 Å². The van der Waals surface area contributed by atoms with Crippen molar-refractivity contribution in [3.8, 4) is 28.9 Å². The topological polar surface area (TPSA) is 96.7 Å². The Morgan fingerprint density at radius 2 is 1.84 bits per heavy atom. The SMILES string of the molecule is Cn1nc(C(F)(F)C(F)(F)F)c(C(F)(F)F)c1-c1coc(-c2ccc(Cl)c(C(=O)NC3(C#N)CC3)c2)n1. The van der Waals surface area contributed by atoms with E-state index in [1.807, 2.05) is 6.07 Å². The van der Waals surface area contributed by atoms with Crippen molar-refractivity contribution in [3.05, 3.63) is 46.3 Å². The average Bonchev–Trinajstić information content (AvgIpc) is 3.21. The molecule has 0 aliphatic heterocycles. The van der Waals surface area contributed by atoms with Gasteiger partial charge in [0.05, 0.1) is 16.7 Å². The number of nitriles is 1. The third-order valence-corrected chi connectivity index (χ3v) is 5.84. The van der Waals surface area contributed by atoms with Crippen molar-refractivity contribution in [2.45, 2.75) is 36.7 Å². The number of nitrogens with zero attached hydrogens (tertiary/aromatic N) is 4. The van der Waals surface area contributed by atoms with Gasteiger partial charge in [0.2, 0.25) is 5.89 Å². The molecule has 1 fully saturated rings. The molecule has 7 nitrogen and oxygen atoms in total. The number of alkyl halides is 8. The van der Waals surface area contributed by atoms with Gasteiger partial charge in [-0.1, -0.05) is 11.6 Å². The second-order valence-electron chi connectivity index (χ2n) is 8.15. The highest BCUT2D eigenvalue weighted by Crippen LogP contribution is 2.50. The van der Waals surface area contributed by atoms with E-state index in [1.165, 1.54) is 12.1 Å². The maximum atomic E-state index is 13.9. The normalized spacial score (nSPS) is 15.4. The number of amides is 1. The van der Waals surface area contributed by atoms with Crippen LogP contribution in [-0.2, 0) is 19.1 Å². The van der Waals surface area contributed by atoms with Crippen LogP contribution in [0.4, 0.5) is 35.1 Å². The molecule has 0 saturated heterocycles. The summed E-state index contributed by atoms with van der Waals surface area (Å²) in [4.78, 5) is 16.4. The number of halogens is 9. The lowest BCUT2D eigenvalue weighted by atomic mass is 10.1. The van der Waals surface area contributed by atoms with Crippen LogP contribution in [0.3, 0.4) is 0 Å². The molecule has 0 atom stereocenters. The number of hydrogen-bond donors (Lipinski definition) is 1. The molecule has 1 amide bonds. The fraction of sp³-hybridized carbons (Fsp3) is 0.333. The van der Waals surface area contributed by atoms with Crippen LogP contribution in [0.2, 0.25) is 5.02 Å². The Morgan fingerprint density at radius 1 is 1.19 bits per heavy atom. The van der Waals surface area contributed by atoms with Crippen molar-refractivity contribution in [1.29, 1.82) is 5.26 Å². The number of benzene rings is 1. The molecule has 2 heterocycles. The summed E-state index contributed by atoms with van der Waals surface area (Å²) in [5, 5.41) is 14.4. The summed E-state index contributed by atoms with van der Waals surface area (Å²) in [6.45, 7) is 0. The predicted molar refractivity (Wildman–Crippen MR) is 109 cm³/mol. The highest BCUT2D eigenvalue weighted by Gasteiger charge is 2.64. The molecule has 16 heteroatoms. The average molecular weight is 554 g/mol. The fourth-order valence-electron chi connectivity index (χ4n) is 3.46. The number of rotatable bonds is 5. The zero-order valence-electron chi connectivity index (χ0n) is 18.2. The zero-order valence-corrected chi connectivity index (χ0v) is 19.0. The highest BCUT2D eigenvalue weighted by molar-refractivity contribution is 6.34. The first-order valence-corrected chi connectivity index (χ1v) is 10.5. The first kappa shape index (κ1) is 26.4. The van der Waals surface area contributed by atoms with Crippen molar-refractivity contribution in [3.63, 3.8) is 0 Å². The lowest BCUT2D eigenvalue weighted by Crippen LogP contribution is -2.36. The first-order chi connectivity index (χ1) is 17.0. The second kappa shape index (κ2) is 8.44. The summed E-state index contributed by atoms with van der Waals surface area (Å²) in [7, 11) is 0.739. The second-order valence-corrected chi connectivity index (χ2v) is 8.55. The minimum absolute atomic E-state index is 0.0131. The molecule has 1 aliphatic carbocycles. The molecule has 0 radical (unpaired) electrons. The van der Waals surface area contributed by atoms with Crippen LogP contribution < -0.4 is 5.32 Å². The van der Waals surface area contributed by atoms with E-state index in [0.29, 0.717) is 19.1 Å². The van der Waals surface area contributed by atoms with Gasteiger partial charge >= 0.3 is 18.3 Å². The van der Waals surface area contributed by atoms with Crippen LogP contribution in [0.25, 0.3) is 22.8 Å². The highest BCUT2D eigenvalue weighted by atomic mass is 35.5. The zero-order chi connectivity index (χ0) is 27.6. The van der Waals surface area contributed by atoms with Crippen LogP contribution in [0.5, 0.6) is 0 Å². The van der Waals surface area contributed by atoms with Gasteiger partial charge in [-0.25, -0.2) is 4.98 Å². The molecule has 4 rings (SSSR count). The Labute approximate surface area is 206 Å². The summed E-state index contributed by atoms with van der Waals surface area (Å²) >= 11 is 6.05. The van der Waals surface area contributed by atoms with Crippen LogP contribution in [-0.4, -0.2) is 32.4 Å². The summed E-state index contributed by atoms with van der Waals surface area (Å²) in [5.74, 6) is -7.04. The van der Waals surface area contributed by atoms with E-state index in [0.717, 1.165) is 13.1 Å². The molecule has 1 aromatic carbocycles. The Balaban J connectivity index is 1.77. The Morgan fingerprint density at radius 3 is 2.38 bits per heavy atom. The third-order valence-electron chi connectivity index (χ3n) is 5.51. The smallest absolute Gasteiger partial charge is 0.444 e. The molecule has 2 aromatic heterocycles. The lowest BCUT2D eigenvalue weighted by Gasteiger charge is -2.19. The Kier molecular flexibility index (Phi) is 6.02. The Bertz CT molecular complexity index is 1430. The van der Waals surface area contributed by atoms with E-state index in [1.54, 1.807) is 0 Å². The maximum Gasteiger partial charge on any atom is 0.459 e. The summed E-state index contributed by atoms with van der Waals surface area (Å²) < 4.78 is 113.